The minimum Gasteiger partial charge on any atom is -0.312 e. The predicted molar refractivity (Wildman–Crippen MR) is 53.4 cm³/mol. The summed E-state index contributed by atoms with van der Waals surface area (Å²) in [5.74, 6) is 0.153. The van der Waals surface area contributed by atoms with Crippen molar-refractivity contribution in [3.8, 4) is 0 Å². The molecule has 0 saturated carbocycles. The van der Waals surface area contributed by atoms with E-state index in [1.54, 1.807) is 12.4 Å². The second kappa shape index (κ2) is 5.02. The molecular weight excluding hydrogens is 202 g/mol. The quantitative estimate of drug-likeness (QED) is 0.677. The largest absolute Gasteiger partial charge is 0.312 e. The van der Waals surface area contributed by atoms with E-state index in [4.69, 9.17) is 0 Å². The topological polar surface area (TPSA) is 72.0 Å². The molecular formula is C8H13N3O2S. The molecule has 1 aromatic rings. The Morgan fingerprint density at radius 2 is 2.00 bits per heavy atom. The number of rotatable bonds is 5. The van der Waals surface area contributed by atoms with E-state index in [1.165, 1.54) is 12.6 Å². The number of sulfone groups is 1. The molecule has 0 aromatic carbocycles. The Kier molecular flexibility index (Phi) is 3.97. The average molecular weight is 215 g/mol. The number of hydrogen-bond donors (Lipinski definition) is 1. The van der Waals surface area contributed by atoms with Gasteiger partial charge < -0.3 is 5.32 Å². The van der Waals surface area contributed by atoms with Crippen LogP contribution in [0.5, 0.6) is 0 Å². The number of hydrogen-bond acceptors (Lipinski definition) is 5. The number of nitrogens with zero attached hydrogens (tertiary/aromatic N) is 2. The minimum atomic E-state index is -2.87. The van der Waals surface area contributed by atoms with Gasteiger partial charge in [-0.25, -0.2) is 18.4 Å². The third kappa shape index (κ3) is 4.88. The van der Waals surface area contributed by atoms with Crippen LogP contribution in [-0.4, -0.2) is 36.9 Å². The van der Waals surface area contributed by atoms with Crippen LogP contribution < -0.4 is 5.32 Å². The van der Waals surface area contributed by atoms with Gasteiger partial charge in [0.05, 0.1) is 5.75 Å². The van der Waals surface area contributed by atoms with Crippen LogP contribution in [-0.2, 0) is 16.4 Å². The van der Waals surface area contributed by atoms with E-state index < -0.39 is 9.84 Å². The van der Waals surface area contributed by atoms with Gasteiger partial charge in [-0.2, -0.15) is 0 Å². The maximum Gasteiger partial charge on any atom is 0.148 e. The first kappa shape index (κ1) is 11.1. The van der Waals surface area contributed by atoms with Gasteiger partial charge in [-0.3, -0.25) is 0 Å². The molecule has 0 aliphatic carbocycles. The van der Waals surface area contributed by atoms with Gasteiger partial charge in [0.1, 0.15) is 16.2 Å². The fourth-order valence-corrected chi connectivity index (χ4v) is 1.43. The lowest BCUT2D eigenvalue weighted by molar-refractivity contribution is 0.596. The van der Waals surface area contributed by atoms with Crippen molar-refractivity contribution >= 4 is 9.84 Å². The van der Waals surface area contributed by atoms with Crippen LogP contribution in [0.3, 0.4) is 0 Å². The van der Waals surface area contributed by atoms with Gasteiger partial charge in [0, 0.05) is 37.3 Å². The summed E-state index contributed by atoms with van der Waals surface area (Å²) in [6.45, 7) is 1.05. The van der Waals surface area contributed by atoms with Crippen molar-refractivity contribution in [3.05, 3.63) is 24.3 Å². The highest BCUT2D eigenvalue weighted by Crippen LogP contribution is 1.91. The SMILES string of the molecule is CS(=O)(=O)CCNCc1cncnc1. The molecule has 0 aliphatic rings. The Balaban J connectivity index is 2.23. The van der Waals surface area contributed by atoms with Crippen molar-refractivity contribution < 1.29 is 8.42 Å². The summed E-state index contributed by atoms with van der Waals surface area (Å²) in [6.07, 6.45) is 6.07. The molecule has 0 unspecified atom stereocenters. The molecule has 0 fully saturated rings. The van der Waals surface area contributed by atoms with Crippen molar-refractivity contribution in [2.75, 3.05) is 18.6 Å². The summed E-state index contributed by atoms with van der Waals surface area (Å²) < 4.78 is 21.6. The fraction of sp³-hybridized carbons (Fsp3) is 0.500. The van der Waals surface area contributed by atoms with E-state index in [0.717, 1.165) is 5.56 Å². The van der Waals surface area contributed by atoms with Gasteiger partial charge in [0.2, 0.25) is 0 Å². The van der Waals surface area contributed by atoms with Crippen LogP contribution in [0.2, 0.25) is 0 Å². The second-order valence-corrected chi connectivity index (χ2v) is 5.31. The Morgan fingerprint density at radius 1 is 1.36 bits per heavy atom. The van der Waals surface area contributed by atoms with E-state index in [9.17, 15) is 8.42 Å². The maximum atomic E-state index is 10.8. The first-order chi connectivity index (χ1) is 6.58. The Morgan fingerprint density at radius 3 is 2.57 bits per heavy atom. The van der Waals surface area contributed by atoms with Crippen LogP contribution in [0.1, 0.15) is 5.56 Å². The van der Waals surface area contributed by atoms with Crippen molar-refractivity contribution in [1.82, 2.24) is 15.3 Å². The van der Waals surface area contributed by atoms with Gasteiger partial charge >= 0.3 is 0 Å². The third-order valence-corrected chi connectivity index (χ3v) is 2.54. The van der Waals surface area contributed by atoms with Gasteiger partial charge in [-0.05, 0) is 0 Å². The summed E-state index contributed by atoms with van der Waals surface area (Å²) in [7, 11) is -2.87. The molecule has 1 rings (SSSR count). The first-order valence-electron chi connectivity index (χ1n) is 4.20. The van der Waals surface area contributed by atoms with Gasteiger partial charge in [-0.1, -0.05) is 0 Å². The molecule has 78 valence electrons. The van der Waals surface area contributed by atoms with Crippen molar-refractivity contribution in [2.45, 2.75) is 6.54 Å². The Bertz CT molecular complexity index is 363. The Labute approximate surface area is 83.5 Å². The third-order valence-electron chi connectivity index (χ3n) is 1.59. The van der Waals surface area contributed by atoms with Gasteiger partial charge in [-0.15, -0.1) is 0 Å². The van der Waals surface area contributed by atoms with Gasteiger partial charge in [0.15, 0.2) is 0 Å². The molecule has 0 spiro atoms. The van der Waals surface area contributed by atoms with E-state index in [0.29, 0.717) is 13.1 Å². The molecule has 0 radical (unpaired) electrons. The van der Waals surface area contributed by atoms with Crippen molar-refractivity contribution in [2.24, 2.45) is 0 Å². The highest BCUT2D eigenvalue weighted by atomic mass is 32.2. The lowest BCUT2D eigenvalue weighted by atomic mass is 10.3. The molecule has 0 atom stereocenters. The lowest BCUT2D eigenvalue weighted by Crippen LogP contribution is -2.22. The van der Waals surface area contributed by atoms with E-state index in [-0.39, 0.29) is 5.75 Å². The van der Waals surface area contributed by atoms with E-state index >= 15 is 0 Å². The lowest BCUT2D eigenvalue weighted by Gasteiger charge is -2.02. The van der Waals surface area contributed by atoms with Crippen molar-refractivity contribution in [3.63, 3.8) is 0 Å². The maximum absolute atomic E-state index is 10.8. The highest BCUT2D eigenvalue weighted by molar-refractivity contribution is 7.90. The van der Waals surface area contributed by atoms with E-state index in [2.05, 4.69) is 15.3 Å². The van der Waals surface area contributed by atoms with Crippen LogP contribution in [0.25, 0.3) is 0 Å². The molecule has 5 nitrogen and oxygen atoms in total. The molecule has 0 aliphatic heterocycles. The first-order valence-corrected chi connectivity index (χ1v) is 6.26. The second-order valence-electron chi connectivity index (χ2n) is 3.05. The number of nitrogens with one attached hydrogen (secondary N) is 1. The molecule has 14 heavy (non-hydrogen) atoms. The highest BCUT2D eigenvalue weighted by Gasteiger charge is 2.00. The summed E-state index contributed by atoms with van der Waals surface area (Å²) in [6, 6.07) is 0. The standard InChI is InChI=1S/C8H13N3O2S/c1-14(12,13)3-2-9-4-8-5-10-7-11-6-8/h5-7,9H,2-4H2,1H3. The smallest absolute Gasteiger partial charge is 0.148 e. The monoisotopic (exact) mass is 215 g/mol. The van der Waals surface area contributed by atoms with Crippen LogP contribution >= 0.6 is 0 Å². The summed E-state index contributed by atoms with van der Waals surface area (Å²) in [5, 5.41) is 3.00. The summed E-state index contributed by atoms with van der Waals surface area (Å²) in [4.78, 5) is 7.69. The normalized spacial score (nSPS) is 11.5. The average Bonchev–Trinajstić information content (AvgIpc) is 2.13. The summed E-state index contributed by atoms with van der Waals surface area (Å²) >= 11 is 0. The fourth-order valence-electron chi connectivity index (χ4n) is 0.912. The van der Waals surface area contributed by atoms with Crippen molar-refractivity contribution in [1.29, 1.82) is 0 Å². The van der Waals surface area contributed by atoms with E-state index in [1.807, 2.05) is 0 Å². The molecule has 1 heterocycles. The minimum absolute atomic E-state index is 0.153. The summed E-state index contributed by atoms with van der Waals surface area (Å²) in [5.41, 5.74) is 0.945. The zero-order valence-corrected chi connectivity index (χ0v) is 8.79. The molecule has 1 aromatic heterocycles. The van der Waals surface area contributed by atoms with Crippen LogP contribution in [0.4, 0.5) is 0 Å². The Hall–Kier alpha value is -1.01. The predicted octanol–water partition coefficient (Wildman–Crippen LogP) is -0.389. The van der Waals surface area contributed by atoms with Gasteiger partial charge in [0.25, 0.3) is 0 Å². The number of aromatic nitrogens is 2. The zero-order valence-electron chi connectivity index (χ0n) is 7.97. The zero-order chi connectivity index (χ0) is 10.4. The molecule has 0 bridgehead atoms. The molecule has 6 heteroatoms. The van der Waals surface area contributed by atoms with Crippen LogP contribution in [0, 0.1) is 0 Å². The molecule has 0 amide bonds. The molecule has 0 saturated heterocycles. The van der Waals surface area contributed by atoms with Crippen LogP contribution in [0.15, 0.2) is 18.7 Å². The molecule has 1 N–H and O–H groups in total.